The normalized spacial score (nSPS) is 17.8. The Bertz CT molecular complexity index is 423. The summed E-state index contributed by atoms with van der Waals surface area (Å²) in [6.07, 6.45) is 10.8. The zero-order chi connectivity index (χ0) is 13.7. The molecule has 1 aromatic heterocycles. The average molecular weight is 282 g/mol. The van der Waals surface area contributed by atoms with E-state index >= 15 is 0 Å². The summed E-state index contributed by atoms with van der Waals surface area (Å²) in [6, 6.07) is 2.27. The Morgan fingerprint density at radius 1 is 1.32 bits per heavy atom. The van der Waals surface area contributed by atoms with Crippen LogP contribution in [0, 0.1) is 0 Å². The molecule has 0 N–H and O–H groups in total. The highest BCUT2D eigenvalue weighted by atomic mass is 32.2. The summed E-state index contributed by atoms with van der Waals surface area (Å²) in [6.45, 7) is 0. The van der Waals surface area contributed by atoms with Gasteiger partial charge in [0.1, 0.15) is 0 Å². The maximum atomic E-state index is 11.6. The van der Waals surface area contributed by atoms with Crippen molar-refractivity contribution in [3.8, 4) is 0 Å². The molecule has 1 aromatic rings. The summed E-state index contributed by atoms with van der Waals surface area (Å²) in [4.78, 5) is 11.6. The van der Waals surface area contributed by atoms with Crippen LogP contribution >= 0.6 is 11.8 Å². The van der Waals surface area contributed by atoms with Gasteiger partial charge in [0.05, 0.1) is 18.2 Å². The van der Waals surface area contributed by atoms with Crippen LogP contribution in [0.25, 0.3) is 0 Å². The predicted octanol–water partition coefficient (Wildman–Crippen LogP) is 3.68. The highest BCUT2D eigenvalue weighted by Gasteiger charge is 2.20. The molecule has 0 saturated heterocycles. The number of carbonyl (C=O) groups is 1. The van der Waals surface area contributed by atoms with Gasteiger partial charge < -0.3 is 4.74 Å². The van der Waals surface area contributed by atoms with Crippen molar-refractivity contribution in [3.63, 3.8) is 0 Å². The first-order valence-electron chi connectivity index (χ1n) is 6.98. The second-order valence-electron chi connectivity index (χ2n) is 5.01. The van der Waals surface area contributed by atoms with Gasteiger partial charge in [0.2, 0.25) is 0 Å². The lowest BCUT2D eigenvalue weighted by molar-refractivity contribution is 0.0592. The molecule has 2 rings (SSSR count). The number of nitrogens with zero attached hydrogens (tertiary/aromatic N) is 2. The number of esters is 1. The lowest BCUT2D eigenvalue weighted by Gasteiger charge is -2.21. The molecule has 0 spiro atoms. The molecule has 1 fully saturated rings. The van der Waals surface area contributed by atoms with E-state index in [2.05, 4.69) is 5.10 Å². The molecular weight excluding hydrogens is 260 g/mol. The molecule has 0 amide bonds. The van der Waals surface area contributed by atoms with E-state index in [9.17, 15) is 4.79 Å². The van der Waals surface area contributed by atoms with Gasteiger partial charge in [0.25, 0.3) is 0 Å². The molecule has 1 aliphatic carbocycles. The summed E-state index contributed by atoms with van der Waals surface area (Å²) in [5.74, 6) is -0.347. The number of ether oxygens (including phenoxy) is 1. The Kier molecular flexibility index (Phi) is 5.31. The zero-order valence-electron chi connectivity index (χ0n) is 11.7. The maximum Gasteiger partial charge on any atom is 0.358 e. The standard InChI is InChI=1S/C14H22N2O2S/c1-18-14(17)12-10-13(19-2)16(15-12)11-8-6-4-3-5-7-9-11/h10-11H,3-9H2,1-2H3. The lowest BCUT2D eigenvalue weighted by Crippen LogP contribution is -2.14. The number of hydrogen-bond donors (Lipinski definition) is 0. The Labute approximate surface area is 118 Å². The molecule has 1 heterocycles. The fraction of sp³-hybridized carbons (Fsp3) is 0.714. The quantitative estimate of drug-likeness (QED) is 0.626. The van der Waals surface area contributed by atoms with E-state index in [1.165, 1.54) is 39.2 Å². The van der Waals surface area contributed by atoms with Gasteiger partial charge in [-0.3, -0.25) is 4.68 Å². The summed E-state index contributed by atoms with van der Waals surface area (Å²) in [5, 5.41) is 5.53. The number of rotatable bonds is 3. The van der Waals surface area contributed by atoms with E-state index < -0.39 is 0 Å². The van der Waals surface area contributed by atoms with Gasteiger partial charge in [-0.05, 0) is 19.1 Å². The third kappa shape index (κ3) is 3.53. The first kappa shape index (κ1) is 14.4. The fourth-order valence-corrected chi connectivity index (χ4v) is 3.28. The van der Waals surface area contributed by atoms with Gasteiger partial charge in [-0.15, -0.1) is 11.8 Å². The topological polar surface area (TPSA) is 44.1 Å². The highest BCUT2D eigenvalue weighted by Crippen LogP contribution is 2.30. The number of methoxy groups -OCH3 is 1. The van der Waals surface area contributed by atoms with Gasteiger partial charge in [-0.2, -0.15) is 5.10 Å². The molecule has 0 aliphatic heterocycles. The molecule has 4 nitrogen and oxygen atoms in total. The lowest BCUT2D eigenvalue weighted by atomic mass is 9.97. The Balaban J connectivity index is 2.20. The van der Waals surface area contributed by atoms with Gasteiger partial charge in [0, 0.05) is 6.07 Å². The van der Waals surface area contributed by atoms with Gasteiger partial charge >= 0.3 is 5.97 Å². The van der Waals surface area contributed by atoms with Crippen molar-refractivity contribution in [3.05, 3.63) is 11.8 Å². The maximum absolute atomic E-state index is 11.6. The Morgan fingerprint density at radius 3 is 2.53 bits per heavy atom. The van der Waals surface area contributed by atoms with Crippen LogP contribution in [0.15, 0.2) is 11.1 Å². The first-order chi connectivity index (χ1) is 9.26. The molecule has 5 heteroatoms. The minimum absolute atomic E-state index is 0.347. The molecular formula is C14H22N2O2S. The third-order valence-corrected chi connectivity index (χ3v) is 4.45. The van der Waals surface area contributed by atoms with Crippen LogP contribution in [0.1, 0.15) is 61.5 Å². The van der Waals surface area contributed by atoms with Crippen LogP contribution in [-0.2, 0) is 4.74 Å². The van der Waals surface area contributed by atoms with E-state index in [0.717, 1.165) is 17.9 Å². The van der Waals surface area contributed by atoms with Crippen LogP contribution in [0.2, 0.25) is 0 Å². The van der Waals surface area contributed by atoms with Gasteiger partial charge in [-0.1, -0.05) is 32.1 Å². The molecule has 1 saturated carbocycles. The first-order valence-corrected chi connectivity index (χ1v) is 8.20. The summed E-state index contributed by atoms with van der Waals surface area (Å²) >= 11 is 1.64. The summed E-state index contributed by atoms with van der Waals surface area (Å²) < 4.78 is 6.80. The van der Waals surface area contributed by atoms with Crippen molar-refractivity contribution < 1.29 is 9.53 Å². The molecule has 1 aliphatic rings. The minimum atomic E-state index is -0.347. The highest BCUT2D eigenvalue weighted by molar-refractivity contribution is 7.98. The van der Waals surface area contributed by atoms with Crippen LogP contribution in [0.3, 0.4) is 0 Å². The average Bonchev–Trinajstić information content (AvgIpc) is 2.81. The largest absolute Gasteiger partial charge is 0.464 e. The van der Waals surface area contributed by atoms with Gasteiger partial charge in [-0.25, -0.2) is 4.79 Å². The van der Waals surface area contributed by atoms with Crippen molar-refractivity contribution in [1.82, 2.24) is 9.78 Å². The van der Waals surface area contributed by atoms with Crippen molar-refractivity contribution in [2.45, 2.75) is 56.0 Å². The van der Waals surface area contributed by atoms with Crippen molar-refractivity contribution in [2.24, 2.45) is 0 Å². The molecule has 0 aromatic carbocycles. The molecule has 0 bridgehead atoms. The van der Waals surface area contributed by atoms with Crippen LogP contribution in [0.5, 0.6) is 0 Å². The molecule has 106 valence electrons. The Hall–Kier alpha value is -0.970. The second kappa shape index (κ2) is 6.98. The Morgan fingerprint density at radius 2 is 1.95 bits per heavy atom. The van der Waals surface area contributed by atoms with E-state index in [4.69, 9.17) is 4.74 Å². The summed E-state index contributed by atoms with van der Waals surface area (Å²) in [7, 11) is 1.40. The smallest absolute Gasteiger partial charge is 0.358 e. The van der Waals surface area contributed by atoms with Crippen LogP contribution < -0.4 is 0 Å². The fourth-order valence-electron chi connectivity index (χ4n) is 2.67. The van der Waals surface area contributed by atoms with E-state index in [1.807, 2.05) is 17.0 Å². The molecule has 19 heavy (non-hydrogen) atoms. The molecule has 0 radical (unpaired) electrons. The van der Waals surface area contributed by atoms with E-state index in [0.29, 0.717) is 11.7 Å². The van der Waals surface area contributed by atoms with E-state index in [-0.39, 0.29) is 5.97 Å². The number of thioether (sulfide) groups is 1. The SMILES string of the molecule is COC(=O)c1cc(SC)n(C2CCCCCCC2)n1. The van der Waals surface area contributed by atoms with Crippen molar-refractivity contribution >= 4 is 17.7 Å². The summed E-state index contributed by atoms with van der Waals surface area (Å²) in [5.41, 5.74) is 0.425. The predicted molar refractivity (Wildman–Crippen MR) is 76.7 cm³/mol. The van der Waals surface area contributed by atoms with Gasteiger partial charge in [0.15, 0.2) is 5.69 Å². The number of hydrogen-bond acceptors (Lipinski definition) is 4. The van der Waals surface area contributed by atoms with Crippen LogP contribution in [0.4, 0.5) is 0 Å². The molecule has 0 unspecified atom stereocenters. The van der Waals surface area contributed by atoms with Crippen LogP contribution in [-0.4, -0.2) is 29.1 Å². The van der Waals surface area contributed by atoms with Crippen molar-refractivity contribution in [2.75, 3.05) is 13.4 Å². The minimum Gasteiger partial charge on any atom is -0.464 e. The number of aromatic nitrogens is 2. The number of carbonyl (C=O) groups excluding carboxylic acids is 1. The molecule has 0 atom stereocenters. The second-order valence-corrected chi connectivity index (χ2v) is 5.83. The monoisotopic (exact) mass is 282 g/mol. The van der Waals surface area contributed by atoms with E-state index in [1.54, 1.807) is 11.8 Å². The van der Waals surface area contributed by atoms with Crippen molar-refractivity contribution in [1.29, 1.82) is 0 Å². The zero-order valence-corrected chi connectivity index (χ0v) is 12.5. The third-order valence-electron chi connectivity index (χ3n) is 3.73.